The van der Waals surface area contributed by atoms with Crippen LogP contribution in [0, 0.1) is 0 Å². The first-order valence-corrected chi connectivity index (χ1v) is 8.90. The summed E-state index contributed by atoms with van der Waals surface area (Å²) >= 11 is 0. The summed E-state index contributed by atoms with van der Waals surface area (Å²) in [6.45, 7) is 1.72. The van der Waals surface area contributed by atoms with E-state index in [0.717, 1.165) is 21.9 Å². The third kappa shape index (κ3) is 3.02. The van der Waals surface area contributed by atoms with E-state index in [-0.39, 0.29) is 17.7 Å². The molecule has 0 saturated heterocycles. The van der Waals surface area contributed by atoms with E-state index in [0.29, 0.717) is 0 Å². The lowest BCUT2D eigenvalue weighted by atomic mass is 9.98. The maximum Gasteiger partial charge on any atom is 0.362 e. The second-order valence-corrected chi connectivity index (χ2v) is 6.95. The van der Waals surface area contributed by atoms with E-state index < -0.39 is 7.60 Å². The molecule has 0 radical (unpaired) electrons. The van der Waals surface area contributed by atoms with Crippen molar-refractivity contribution in [1.29, 1.82) is 0 Å². The number of hydrogen-bond donors (Lipinski definition) is 2. The van der Waals surface area contributed by atoms with Gasteiger partial charge in [-0.05, 0) is 41.0 Å². The van der Waals surface area contributed by atoms with Crippen LogP contribution in [-0.4, -0.2) is 16.6 Å². The minimum absolute atomic E-state index is 0.0802. The summed E-state index contributed by atoms with van der Waals surface area (Å²) in [6.07, 6.45) is 0. The molecule has 0 aliphatic carbocycles. The highest BCUT2D eigenvalue weighted by Gasteiger charge is 2.26. The monoisotopic (exact) mass is 328 g/mol. The van der Waals surface area contributed by atoms with Gasteiger partial charge in [-0.2, -0.15) is 0 Å². The number of phenolic OH excluding ortho intramolecular Hbond substituents is 1. The Balaban J connectivity index is 2.11. The second kappa shape index (κ2) is 6.17. The van der Waals surface area contributed by atoms with Crippen molar-refractivity contribution in [2.24, 2.45) is 0 Å². The normalized spacial score (nSPS) is 13.8. The lowest BCUT2D eigenvalue weighted by Crippen LogP contribution is -2.07. The Bertz CT molecular complexity index is 899. The number of phenols is 1. The molecule has 0 bridgehead atoms. The third-order valence-corrected chi connectivity index (χ3v) is 5.28. The van der Waals surface area contributed by atoms with Gasteiger partial charge in [-0.15, -0.1) is 0 Å². The first kappa shape index (κ1) is 15.8. The maximum atomic E-state index is 12.1. The Kier molecular flexibility index (Phi) is 4.22. The zero-order valence-corrected chi connectivity index (χ0v) is 13.5. The fraction of sp³-hybridized carbons (Fsp3) is 0.111. The molecule has 0 fully saturated rings. The molecular formula is C18H17O4P. The van der Waals surface area contributed by atoms with E-state index >= 15 is 0 Å². The molecule has 3 aromatic carbocycles. The topological polar surface area (TPSA) is 66.8 Å². The zero-order valence-electron chi connectivity index (χ0n) is 12.6. The summed E-state index contributed by atoms with van der Waals surface area (Å²) in [5.41, 5.74) is 1.73. The van der Waals surface area contributed by atoms with Crippen molar-refractivity contribution in [3.05, 3.63) is 60.7 Å². The molecule has 0 aliphatic heterocycles. The van der Waals surface area contributed by atoms with Crippen molar-refractivity contribution < 1.29 is 19.1 Å². The van der Waals surface area contributed by atoms with Crippen LogP contribution >= 0.6 is 7.60 Å². The predicted octanol–water partition coefficient (Wildman–Crippen LogP) is 4.06. The SMILES string of the molecule is CCOP(=O)(O)c1ccc(-c2cccc3ccccc23)cc1O. The van der Waals surface area contributed by atoms with E-state index in [4.69, 9.17) is 4.52 Å². The molecule has 0 spiro atoms. The van der Waals surface area contributed by atoms with Crippen LogP contribution < -0.4 is 5.30 Å². The Hall–Kier alpha value is -2.13. The predicted molar refractivity (Wildman–Crippen MR) is 92.1 cm³/mol. The van der Waals surface area contributed by atoms with Crippen molar-refractivity contribution in [3.63, 3.8) is 0 Å². The van der Waals surface area contributed by atoms with E-state index in [1.165, 1.54) is 12.1 Å². The van der Waals surface area contributed by atoms with Crippen LogP contribution in [0.25, 0.3) is 21.9 Å². The summed E-state index contributed by atoms with van der Waals surface area (Å²) < 4.78 is 16.9. The van der Waals surface area contributed by atoms with Crippen molar-refractivity contribution in [3.8, 4) is 16.9 Å². The van der Waals surface area contributed by atoms with Crippen molar-refractivity contribution >= 4 is 23.7 Å². The van der Waals surface area contributed by atoms with Gasteiger partial charge < -0.3 is 14.5 Å². The molecule has 23 heavy (non-hydrogen) atoms. The average molecular weight is 328 g/mol. The van der Waals surface area contributed by atoms with Crippen LogP contribution in [-0.2, 0) is 9.09 Å². The molecule has 1 atom stereocenters. The van der Waals surface area contributed by atoms with E-state index in [1.807, 2.05) is 42.5 Å². The molecule has 4 nitrogen and oxygen atoms in total. The molecule has 3 aromatic rings. The zero-order chi connectivity index (χ0) is 16.4. The molecule has 5 heteroatoms. The van der Waals surface area contributed by atoms with Crippen LogP contribution in [0.2, 0.25) is 0 Å². The molecule has 1 unspecified atom stereocenters. The van der Waals surface area contributed by atoms with Gasteiger partial charge in [0, 0.05) is 0 Å². The Morgan fingerprint density at radius 3 is 2.52 bits per heavy atom. The Labute approximate surface area is 134 Å². The number of rotatable bonds is 4. The van der Waals surface area contributed by atoms with Gasteiger partial charge in [-0.3, -0.25) is 4.57 Å². The third-order valence-electron chi connectivity index (χ3n) is 3.68. The molecule has 0 aliphatic rings. The van der Waals surface area contributed by atoms with Crippen molar-refractivity contribution in [2.45, 2.75) is 6.92 Å². The molecule has 118 valence electrons. The van der Waals surface area contributed by atoms with Gasteiger partial charge in [0.25, 0.3) is 0 Å². The molecule has 2 N–H and O–H groups in total. The average Bonchev–Trinajstić information content (AvgIpc) is 2.54. The lowest BCUT2D eigenvalue weighted by Gasteiger charge is -2.14. The number of fused-ring (bicyclic) bond motifs is 1. The molecule has 0 aromatic heterocycles. The molecule has 0 saturated carbocycles. The molecule has 0 heterocycles. The van der Waals surface area contributed by atoms with Crippen LogP contribution in [0.5, 0.6) is 5.75 Å². The summed E-state index contributed by atoms with van der Waals surface area (Å²) in [6, 6.07) is 18.5. The van der Waals surface area contributed by atoms with Crippen molar-refractivity contribution in [2.75, 3.05) is 6.61 Å². The summed E-state index contributed by atoms with van der Waals surface area (Å²) in [5.74, 6) is -0.241. The Morgan fingerprint density at radius 1 is 1.04 bits per heavy atom. The number of aromatic hydroxyl groups is 1. The van der Waals surface area contributed by atoms with E-state index in [1.54, 1.807) is 13.0 Å². The molecule has 0 amide bonds. The fourth-order valence-electron chi connectivity index (χ4n) is 2.65. The van der Waals surface area contributed by atoms with Gasteiger partial charge in [0.05, 0.1) is 6.61 Å². The van der Waals surface area contributed by atoms with Gasteiger partial charge >= 0.3 is 7.60 Å². The number of hydrogen-bond acceptors (Lipinski definition) is 3. The highest BCUT2D eigenvalue weighted by Crippen LogP contribution is 2.44. The largest absolute Gasteiger partial charge is 0.507 e. The van der Waals surface area contributed by atoms with E-state index in [2.05, 4.69) is 0 Å². The van der Waals surface area contributed by atoms with Crippen LogP contribution in [0.1, 0.15) is 6.92 Å². The smallest absolute Gasteiger partial charge is 0.362 e. The highest BCUT2D eigenvalue weighted by molar-refractivity contribution is 7.61. The molecule has 3 rings (SSSR count). The lowest BCUT2D eigenvalue weighted by molar-refractivity contribution is 0.283. The van der Waals surface area contributed by atoms with Gasteiger partial charge in [0.15, 0.2) is 0 Å². The summed E-state index contributed by atoms with van der Waals surface area (Å²) in [7, 11) is -3.99. The first-order chi connectivity index (χ1) is 11.0. The van der Waals surface area contributed by atoms with E-state index in [9.17, 15) is 14.6 Å². The molecular weight excluding hydrogens is 311 g/mol. The minimum atomic E-state index is -3.99. The van der Waals surface area contributed by atoms with Gasteiger partial charge in [-0.1, -0.05) is 48.5 Å². The summed E-state index contributed by atoms with van der Waals surface area (Å²) in [5, 5.41) is 12.2. The Morgan fingerprint density at radius 2 is 1.78 bits per heavy atom. The quantitative estimate of drug-likeness (QED) is 0.709. The highest BCUT2D eigenvalue weighted by atomic mass is 31.2. The standard InChI is InChI=1S/C18H17O4P/c1-2-22-23(20,21)18-11-10-14(12-17(18)19)16-9-5-7-13-6-3-4-8-15(13)16/h3-12,19H,2H2,1H3,(H,20,21). The van der Waals surface area contributed by atoms with Crippen LogP contribution in [0.15, 0.2) is 60.7 Å². The van der Waals surface area contributed by atoms with Gasteiger partial charge in [0.1, 0.15) is 11.1 Å². The first-order valence-electron chi connectivity index (χ1n) is 7.32. The fourth-order valence-corrected chi connectivity index (χ4v) is 3.76. The van der Waals surface area contributed by atoms with Gasteiger partial charge in [-0.25, -0.2) is 0 Å². The minimum Gasteiger partial charge on any atom is -0.507 e. The van der Waals surface area contributed by atoms with Crippen LogP contribution in [0.3, 0.4) is 0 Å². The second-order valence-electron chi connectivity index (χ2n) is 5.17. The van der Waals surface area contributed by atoms with Crippen molar-refractivity contribution in [1.82, 2.24) is 0 Å². The number of benzene rings is 3. The summed E-state index contributed by atoms with van der Waals surface area (Å²) in [4.78, 5) is 9.87. The van der Waals surface area contributed by atoms with Gasteiger partial charge in [0.2, 0.25) is 0 Å². The maximum absolute atomic E-state index is 12.1. The van der Waals surface area contributed by atoms with Crippen LogP contribution in [0.4, 0.5) is 0 Å².